The molecule has 0 aromatic heterocycles. The molecule has 0 amide bonds. The highest BCUT2D eigenvalue weighted by atomic mass is 15.2. The van der Waals surface area contributed by atoms with Crippen molar-refractivity contribution in [3.63, 3.8) is 0 Å². The molecule has 0 bridgehead atoms. The minimum atomic E-state index is 0.384. The Morgan fingerprint density at radius 1 is 1.19 bits per heavy atom. The van der Waals surface area contributed by atoms with Crippen molar-refractivity contribution in [2.75, 3.05) is 27.2 Å². The number of nitrogens with two attached hydrogens (primary N) is 1. The van der Waals surface area contributed by atoms with Crippen LogP contribution in [0.25, 0.3) is 0 Å². The van der Waals surface area contributed by atoms with Crippen LogP contribution in [0.15, 0.2) is 0 Å². The van der Waals surface area contributed by atoms with Crippen LogP contribution in [-0.4, -0.2) is 55.1 Å². The third kappa shape index (κ3) is 4.00. The average Bonchev–Trinajstić information content (AvgIpc) is 2.47. The molecule has 0 radical (unpaired) electrons. The lowest BCUT2D eigenvalue weighted by Gasteiger charge is -2.48. The summed E-state index contributed by atoms with van der Waals surface area (Å²) in [6.07, 6.45) is 7.79. The lowest BCUT2D eigenvalue weighted by atomic mass is 9.67. The Labute approximate surface area is 132 Å². The van der Waals surface area contributed by atoms with Gasteiger partial charge in [-0.2, -0.15) is 0 Å². The molecule has 1 saturated carbocycles. The number of nitrogens with zero attached hydrogens (tertiary/aromatic N) is 2. The highest BCUT2D eigenvalue weighted by molar-refractivity contribution is 4.95. The zero-order valence-electron chi connectivity index (χ0n) is 14.9. The molecule has 2 N–H and O–H groups in total. The predicted octanol–water partition coefficient (Wildman–Crippen LogP) is 2.94. The van der Waals surface area contributed by atoms with Gasteiger partial charge in [0.15, 0.2) is 0 Å². The Morgan fingerprint density at radius 2 is 1.90 bits per heavy atom. The quantitative estimate of drug-likeness (QED) is 0.865. The maximum absolute atomic E-state index is 6.52. The SMILES string of the molecule is CCC(C)(C)C1CCC(N)C(N2CCCC(N(C)C)C2)C1. The largest absolute Gasteiger partial charge is 0.326 e. The second kappa shape index (κ2) is 6.97. The molecule has 0 aromatic carbocycles. The fourth-order valence-electron chi connectivity index (χ4n) is 4.29. The van der Waals surface area contributed by atoms with Gasteiger partial charge >= 0.3 is 0 Å². The van der Waals surface area contributed by atoms with Crippen LogP contribution in [0.3, 0.4) is 0 Å². The van der Waals surface area contributed by atoms with Gasteiger partial charge in [-0.3, -0.25) is 4.90 Å². The van der Waals surface area contributed by atoms with Crippen molar-refractivity contribution in [3.8, 4) is 0 Å². The first-order valence-corrected chi connectivity index (χ1v) is 9.01. The van der Waals surface area contributed by atoms with E-state index in [4.69, 9.17) is 5.73 Å². The van der Waals surface area contributed by atoms with Crippen LogP contribution < -0.4 is 5.73 Å². The van der Waals surface area contributed by atoms with E-state index in [1.165, 1.54) is 51.6 Å². The van der Waals surface area contributed by atoms with Crippen molar-refractivity contribution in [2.24, 2.45) is 17.1 Å². The van der Waals surface area contributed by atoms with Crippen molar-refractivity contribution in [1.82, 2.24) is 9.80 Å². The fourth-order valence-corrected chi connectivity index (χ4v) is 4.29. The predicted molar refractivity (Wildman–Crippen MR) is 91.5 cm³/mol. The molecule has 1 saturated heterocycles. The van der Waals surface area contributed by atoms with Gasteiger partial charge in [0.2, 0.25) is 0 Å². The monoisotopic (exact) mass is 295 g/mol. The molecule has 4 unspecified atom stereocenters. The molecule has 21 heavy (non-hydrogen) atoms. The van der Waals surface area contributed by atoms with E-state index in [0.717, 1.165) is 5.92 Å². The number of likely N-dealkylation sites (N-methyl/N-ethyl adjacent to an activating group) is 1. The standard InChI is InChI=1S/C18H37N3/c1-6-18(2,3)14-9-10-16(19)17(12-14)21-11-7-8-15(13-21)20(4)5/h14-17H,6-13,19H2,1-5H3. The summed E-state index contributed by atoms with van der Waals surface area (Å²) in [5.74, 6) is 0.840. The zero-order chi connectivity index (χ0) is 15.6. The summed E-state index contributed by atoms with van der Waals surface area (Å²) in [7, 11) is 4.44. The Kier molecular flexibility index (Phi) is 5.72. The van der Waals surface area contributed by atoms with E-state index in [2.05, 4.69) is 44.7 Å². The highest BCUT2D eigenvalue weighted by Gasteiger charge is 2.39. The van der Waals surface area contributed by atoms with Crippen molar-refractivity contribution >= 4 is 0 Å². The van der Waals surface area contributed by atoms with E-state index >= 15 is 0 Å². The van der Waals surface area contributed by atoms with Gasteiger partial charge in [0.1, 0.15) is 0 Å². The molecular formula is C18H37N3. The number of piperidine rings is 1. The van der Waals surface area contributed by atoms with Gasteiger partial charge in [-0.05, 0) is 64.1 Å². The van der Waals surface area contributed by atoms with Gasteiger partial charge in [0.05, 0.1) is 0 Å². The van der Waals surface area contributed by atoms with Gasteiger partial charge < -0.3 is 10.6 Å². The molecular weight excluding hydrogens is 258 g/mol. The van der Waals surface area contributed by atoms with Crippen molar-refractivity contribution in [3.05, 3.63) is 0 Å². The first-order valence-electron chi connectivity index (χ1n) is 9.01. The second-order valence-corrected chi connectivity index (χ2v) is 8.34. The summed E-state index contributed by atoms with van der Waals surface area (Å²) < 4.78 is 0. The maximum Gasteiger partial charge on any atom is 0.0250 e. The lowest BCUT2D eigenvalue weighted by Crippen LogP contribution is -2.57. The van der Waals surface area contributed by atoms with Gasteiger partial charge in [0.25, 0.3) is 0 Å². The van der Waals surface area contributed by atoms with Crippen molar-refractivity contribution in [2.45, 2.75) is 77.4 Å². The molecule has 1 aliphatic carbocycles. The van der Waals surface area contributed by atoms with Gasteiger partial charge in [-0.15, -0.1) is 0 Å². The van der Waals surface area contributed by atoms with E-state index in [1.54, 1.807) is 0 Å². The summed E-state index contributed by atoms with van der Waals surface area (Å²) in [4.78, 5) is 5.12. The first kappa shape index (κ1) is 17.2. The van der Waals surface area contributed by atoms with E-state index < -0.39 is 0 Å². The number of hydrogen-bond acceptors (Lipinski definition) is 3. The van der Waals surface area contributed by atoms with Crippen molar-refractivity contribution in [1.29, 1.82) is 0 Å². The normalized spacial score (nSPS) is 36.1. The molecule has 2 rings (SSSR count). The summed E-state index contributed by atoms with van der Waals surface area (Å²) in [5.41, 5.74) is 6.99. The van der Waals surface area contributed by atoms with Crippen LogP contribution >= 0.6 is 0 Å². The highest BCUT2D eigenvalue weighted by Crippen LogP contribution is 2.41. The first-order chi connectivity index (χ1) is 9.85. The molecule has 1 aliphatic heterocycles. The summed E-state index contributed by atoms with van der Waals surface area (Å²) in [6, 6.07) is 1.71. The number of hydrogen-bond donors (Lipinski definition) is 1. The summed E-state index contributed by atoms with van der Waals surface area (Å²) >= 11 is 0. The van der Waals surface area contributed by atoms with Crippen LogP contribution in [-0.2, 0) is 0 Å². The third-order valence-electron chi connectivity index (χ3n) is 6.51. The van der Waals surface area contributed by atoms with Crippen molar-refractivity contribution < 1.29 is 0 Å². The topological polar surface area (TPSA) is 32.5 Å². The van der Waals surface area contributed by atoms with E-state index in [-0.39, 0.29) is 0 Å². The Bertz CT molecular complexity index is 326. The summed E-state index contributed by atoms with van der Waals surface area (Å²) in [6.45, 7) is 9.70. The molecule has 3 heteroatoms. The Hall–Kier alpha value is -0.120. The third-order valence-corrected chi connectivity index (χ3v) is 6.51. The minimum absolute atomic E-state index is 0.384. The smallest absolute Gasteiger partial charge is 0.0250 e. The molecule has 0 spiro atoms. The molecule has 124 valence electrons. The number of likely N-dealkylation sites (tertiary alicyclic amines) is 1. The minimum Gasteiger partial charge on any atom is -0.326 e. The molecule has 4 atom stereocenters. The number of rotatable bonds is 4. The second-order valence-electron chi connectivity index (χ2n) is 8.34. The van der Waals surface area contributed by atoms with E-state index in [0.29, 0.717) is 23.5 Å². The van der Waals surface area contributed by atoms with Crippen LogP contribution in [0.4, 0.5) is 0 Å². The van der Waals surface area contributed by atoms with E-state index in [1.807, 2.05) is 0 Å². The molecule has 1 heterocycles. The molecule has 2 aliphatic rings. The summed E-state index contributed by atoms with van der Waals surface area (Å²) in [5, 5.41) is 0. The molecule has 3 nitrogen and oxygen atoms in total. The Balaban J connectivity index is 2.03. The average molecular weight is 296 g/mol. The van der Waals surface area contributed by atoms with Gasteiger partial charge in [0, 0.05) is 24.7 Å². The van der Waals surface area contributed by atoms with Crippen LogP contribution in [0.2, 0.25) is 0 Å². The molecule has 2 fully saturated rings. The zero-order valence-corrected chi connectivity index (χ0v) is 14.9. The van der Waals surface area contributed by atoms with Crippen LogP contribution in [0, 0.1) is 11.3 Å². The van der Waals surface area contributed by atoms with Gasteiger partial charge in [-0.1, -0.05) is 27.2 Å². The van der Waals surface area contributed by atoms with E-state index in [9.17, 15) is 0 Å². The van der Waals surface area contributed by atoms with Gasteiger partial charge in [-0.25, -0.2) is 0 Å². The lowest BCUT2D eigenvalue weighted by molar-refractivity contribution is 0.0290. The van der Waals surface area contributed by atoms with Crippen LogP contribution in [0.1, 0.15) is 59.3 Å². The van der Waals surface area contributed by atoms with Crippen LogP contribution in [0.5, 0.6) is 0 Å². The maximum atomic E-state index is 6.52. The Morgan fingerprint density at radius 3 is 2.52 bits per heavy atom. The molecule has 0 aromatic rings. The fraction of sp³-hybridized carbons (Fsp3) is 1.00.